The summed E-state index contributed by atoms with van der Waals surface area (Å²) in [5.74, 6) is -1.16. The number of benzene rings is 2. The number of piperidine rings is 1. The quantitative estimate of drug-likeness (QED) is 0.424. The molecule has 1 N–H and O–H groups in total. The Morgan fingerprint density at radius 2 is 1.77 bits per heavy atom. The molecule has 0 bridgehead atoms. The number of carbonyl (C=O) groups is 3. The zero-order valence-electron chi connectivity index (χ0n) is 20.3. The van der Waals surface area contributed by atoms with E-state index in [0.717, 1.165) is 11.1 Å². The number of hydrogen-bond acceptors (Lipinski definition) is 4. The standard InChI is InChI=1S/C27H30Cl2N2O4/c1-5-21(24(33)35-26(2,3)4)31-23(16-9-11-18(28)12-10-16)20(17-7-6-8-19(29)13-17)14-27(25(31)34)15-22(32)30-27/h6-13,20-21,23H,5,14-15H2,1-4H3,(H,30,32). The Labute approximate surface area is 215 Å². The van der Waals surface area contributed by atoms with Gasteiger partial charge in [0.15, 0.2) is 0 Å². The van der Waals surface area contributed by atoms with Crippen LogP contribution in [-0.2, 0) is 19.1 Å². The number of nitrogens with zero attached hydrogens (tertiary/aromatic N) is 1. The van der Waals surface area contributed by atoms with E-state index in [4.69, 9.17) is 27.9 Å². The summed E-state index contributed by atoms with van der Waals surface area (Å²) in [5, 5.41) is 4.01. The predicted octanol–water partition coefficient (Wildman–Crippen LogP) is 5.43. The van der Waals surface area contributed by atoms with Crippen molar-refractivity contribution in [2.24, 2.45) is 0 Å². The monoisotopic (exact) mass is 516 g/mol. The van der Waals surface area contributed by atoms with E-state index in [1.54, 1.807) is 43.9 Å². The summed E-state index contributed by atoms with van der Waals surface area (Å²) in [6, 6.07) is 13.5. The summed E-state index contributed by atoms with van der Waals surface area (Å²) >= 11 is 12.5. The summed E-state index contributed by atoms with van der Waals surface area (Å²) < 4.78 is 5.73. The Hall–Kier alpha value is -2.57. The lowest BCUT2D eigenvalue weighted by atomic mass is 9.67. The maximum Gasteiger partial charge on any atom is 0.329 e. The van der Waals surface area contributed by atoms with Gasteiger partial charge >= 0.3 is 5.97 Å². The van der Waals surface area contributed by atoms with Gasteiger partial charge in [-0.3, -0.25) is 9.59 Å². The highest BCUT2D eigenvalue weighted by atomic mass is 35.5. The van der Waals surface area contributed by atoms with Crippen molar-refractivity contribution in [3.63, 3.8) is 0 Å². The summed E-state index contributed by atoms with van der Waals surface area (Å²) in [5.41, 5.74) is -0.0132. The normalized spacial score (nSPS) is 25.1. The van der Waals surface area contributed by atoms with Crippen LogP contribution >= 0.6 is 23.2 Å². The summed E-state index contributed by atoms with van der Waals surface area (Å²) in [6.07, 6.45) is 0.834. The molecule has 4 rings (SSSR count). The topological polar surface area (TPSA) is 75.7 Å². The van der Waals surface area contributed by atoms with Crippen molar-refractivity contribution < 1.29 is 19.1 Å². The maximum atomic E-state index is 14.1. The fourth-order valence-electron chi connectivity index (χ4n) is 5.19. The second-order valence-electron chi connectivity index (χ2n) is 10.3. The average Bonchev–Trinajstić information content (AvgIpc) is 2.75. The molecule has 0 radical (unpaired) electrons. The first-order chi connectivity index (χ1) is 16.4. The summed E-state index contributed by atoms with van der Waals surface area (Å²) in [6.45, 7) is 7.26. The summed E-state index contributed by atoms with van der Waals surface area (Å²) in [4.78, 5) is 41.2. The van der Waals surface area contributed by atoms with Gasteiger partial charge in [0.2, 0.25) is 11.8 Å². The van der Waals surface area contributed by atoms with Crippen LogP contribution in [-0.4, -0.2) is 39.9 Å². The molecule has 186 valence electrons. The van der Waals surface area contributed by atoms with E-state index >= 15 is 0 Å². The SMILES string of the molecule is CCC(C(=O)OC(C)(C)C)N1C(=O)C2(CC(=O)N2)CC(c2cccc(Cl)c2)C1c1ccc(Cl)cc1. The van der Waals surface area contributed by atoms with Gasteiger partial charge in [0.05, 0.1) is 12.5 Å². The van der Waals surface area contributed by atoms with E-state index in [2.05, 4.69) is 5.32 Å². The second-order valence-corrected chi connectivity index (χ2v) is 11.2. The van der Waals surface area contributed by atoms with Crippen molar-refractivity contribution in [3.05, 3.63) is 69.7 Å². The van der Waals surface area contributed by atoms with E-state index < -0.39 is 29.2 Å². The molecule has 8 heteroatoms. The molecule has 4 atom stereocenters. The fourth-order valence-corrected chi connectivity index (χ4v) is 5.51. The van der Waals surface area contributed by atoms with Gasteiger partial charge < -0.3 is 15.0 Å². The van der Waals surface area contributed by atoms with Gasteiger partial charge in [0, 0.05) is 16.0 Å². The van der Waals surface area contributed by atoms with Gasteiger partial charge in [0.1, 0.15) is 17.2 Å². The number of amides is 2. The van der Waals surface area contributed by atoms with Crippen molar-refractivity contribution in [3.8, 4) is 0 Å². The number of carbonyl (C=O) groups excluding carboxylic acids is 3. The van der Waals surface area contributed by atoms with Crippen molar-refractivity contribution in [1.82, 2.24) is 10.2 Å². The van der Waals surface area contributed by atoms with Crippen LogP contribution in [0.3, 0.4) is 0 Å². The molecule has 35 heavy (non-hydrogen) atoms. The number of ether oxygens (including phenoxy) is 1. The van der Waals surface area contributed by atoms with Crippen LogP contribution in [0.25, 0.3) is 0 Å². The zero-order chi connectivity index (χ0) is 25.5. The van der Waals surface area contributed by atoms with E-state index in [1.165, 1.54) is 0 Å². The number of rotatable bonds is 5. The van der Waals surface area contributed by atoms with Crippen molar-refractivity contribution in [1.29, 1.82) is 0 Å². The maximum absolute atomic E-state index is 14.1. The lowest BCUT2D eigenvalue weighted by Gasteiger charge is -2.55. The molecule has 0 aliphatic carbocycles. The first kappa shape index (κ1) is 25.5. The highest BCUT2D eigenvalue weighted by Gasteiger charge is 2.60. The first-order valence-corrected chi connectivity index (χ1v) is 12.6. The van der Waals surface area contributed by atoms with Gasteiger partial charge in [-0.05, 0) is 69.0 Å². The number of β-lactam (4-membered cyclic amide) rings is 1. The van der Waals surface area contributed by atoms with Gasteiger partial charge in [-0.1, -0.05) is 54.4 Å². The molecule has 2 aliphatic rings. The Bertz CT molecular complexity index is 1130. The molecule has 1 spiro atoms. The van der Waals surface area contributed by atoms with E-state index in [9.17, 15) is 14.4 Å². The number of nitrogens with one attached hydrogen (secondary N) is 1. The Morgan fingerprint density at radius 1 is 1.11 bits per heavy atom. The van der Waals surface area contributed by atoms with Gasteiger partial charge in [-0.2, -0.15) is 0 Å². The molecule has 2 heterocycles. The lowest BCUT2D eigenvalue weighted by Crippen LogP contribution is -2.74. The Morgan fingerprint density at radius 3 is 2.31 bits per heavy atom. The molecule has 2 aromatic carbocycles. The highest BCUT2D eigenvalue weighted by molar-refractivity contribution is 6.30. The Balaban J connectivity index is 1.88. The van der Waals surface area contributed by atoms with Crippen molar-refractivity contribution in [2.45, 2.75) is 76.1 Å². The Kier molecular flexibility index (Phi) is 6.91. The molecular formula is C27H30Cl2N2O4. The van der Waals surface area contributed by atoms with Crippen LogP contribution in [0.5, 0.6) is 0 Å². The van der Waals surface area contributed by atoms with Crippen LogP contribution in [0.1, 0.15) is 70.0 Å². The number of esters is 1. The van der Waals surface area contributed by atoms with Crippen LogP contribution in [0.4, 0.5) is 0 Å². The lowest BCUT2D eigenvalue weighted by molar-refractivity contribution is -0.175. The van der Waals surface area contributed by atoms with E-state index in [0.29, 0.717) is 22.9 Å². The van der Waals surface area contributed by atoms with Gasteiger partial charge in [-0.15, -0.1) is 0 Å². The van der Waals surface area contributed by atoms with Gasteiger partial charge in [0.25, 0.3) is 0 Å². The first-order valence-electron chi connectivity index (χ1n) is 11.8. The van der Waals surface area contributed by atoms with E-state index in [1.807, 2.05) is 37.3 Å². The minimum atomic E-state index is -1.07. The number of halogens is 2. The van der Waals surface area contributed by atoms with Crippen molar-refractivity contribution in [2.75, 3.05) is 0 Å². The predicted molar refractivity (Wildman–Crippen MR) is 135 cm³/mol. The smallest absolute Gasteiger partial charge is 0.329 e. The molecule has 4 unspecified atom stereocenters. The molecule has 0 aromatic heterocycles. The third-order valence-corrected chi connectivity index (χ3v) is 7.11. The third kappa shape index (κ3) is 5.05. The molecule has 6 nitrogen and oxygen atoms in total. The average molecular weight is 517 g/mol. The largest absolute Gasteiger partial charge is 0.458 e. The van der Waals surface area contributed by atoms with Crippen LogP contribution in [0, 0.1) is 0 Å². The number of hydrogen-bond donors (Lipinski definition) is 1. The highest BCUT2D eigenvalue weighted by Crippen LogP contribution is 2.50. The zero-order valence-corrected chi connectivity index (χ0v) is 21.8. The van der Waals surface area contributed by atoms with Crippen molar-refractivity contribution >= 4 is 41.0 Å². The second kappa shape index (κ2) is 9.47. The van der Waals surface area contributed by atoms with Gasteiger partial charge in [-0.25, -0.2) is 4.79 Å². The number of likely N-dealkylation sites (tertiary alicyclic amines) is 1. The fraction of sp³-hybridized carbons (Fsp3) is 0.444. The minimum absolute atomic E-state index is 0.0808. The van der Waals surface area contributed by atoms with Crippen LogP contribution < -0.4 is 5.32 Å². The summed E-state index contributed by atoms with van der Waals surface area (Å²) in [7, 11) is 0. The molecule has 2 fully saturated rings. The van der Waals surface area contributed by atoms with Crippen LogP contribution in [0.15, 0.2) is 48.5 Å². The molecular weight excluding hydrogens is 487 g/mol. The van der Waals surface area contributed by atoms with E-state index in [-0.39, 0.29) is 24.2 Å². The molecule has 2 aliphatic heterocycles. The molecule has 0 saturated carbocycles. The minimum Gasteiger partial charge on any atom is -0.458 e. The molecule has 2 amide bonds. The molecule has 2 aromatic rings. The molecule has 2 saturated heterocycles. The third-order valence-electron chi connectivity index (χ3n) is 6.62. The van der Waals surface area contributed by atoms with Crippen LogP contribution in [0.2, 0.25) is 10.0 Å².